The monoisotopic (exact) mass is 546 g/mol. The first kappa shape index (κ1) is 26.3. The van der Waals surface area contributed by atoms with Gasteiger partial charge in [0.15, 0.2) is 5.16 Å². The quantitative estimate of drug-likeness (QED) is 0.155. The third-order valence-electron chi connectivity index (χ3n) is 6.92. The second-order valence-corrected chi connectivity index (χ2v) is 11.0. The van der Waals surface area contributed by atoms with Gasteiger partial charge >= 0.3 is 0 Å². The van der Waals surface area contributed by atoms with Crippen LogP contribution in [0.5, 0.6) is 0 Å². The number of hydrogen-bond donors (Lipinski definition) is 0. The first-order valence-electron chi connectivity index (χ1n) is 13.0. The van der Waals surface area contributed by atoms with E-state index in [0.717, 1.165) is 44.8 Å². The highest BCUT2D eigenvalue weighted by atomic mass is 35.5. The van der Waals surface area contributed by atoms with E-state index in [2.05, 4.69) is 36.1 Å². The van der Waals surface area contributed by atoms with Crippen molar-refractivity contribution in [1.29, 1.82) is 0 Å². The Kier molecular flexibility index (Phi) is 8.35. The molecule has 0 saturated carbocycles. The minimum atomic E-state index is -0.111. The SMILES string of the molecule is Cc1ccccc1N1CCN(C(=O)CCCCSc2nc3ccccc3c(=O)n2-c2cccc(Cl)c2)CC1. The molecular weight excluding hydrogens is 516 g/mol. The highest BCUT2D eigenvalue weighted by Crippen LogP contribution is 2.25. The van der Waals surface area contributed by atoms with E-state index in [4.69, 9.17) is 16.6 Å². The maximum absolute atomic E-state index is 13.4. The number of fused-ring (bicyclic) bond motifs is 1. The van der Waals surface area contributed by atoms with Gasteiger partial charge in [-0.25, -0.2) is 4.98 Å². The van der Waals surface area contributed by atoms with E-state index in [1.165, 1.54) is 11.3 Å². The molecule has 0 unspecified atom stereocenters. The van der Waals surface area contributed by atoms with Crippen LogP contribution in [0.3, 0.4) is 0 Å². The molecule has 38 heavy (non-hydrogen) atoms. The molecule has 0 radical (unpaired) electrons. The Hall–Kier alpha value is -3.29. The molecule has 0 atom stereocenters. The molecule has 1 aliphatic heterocycles. The number of aryl methyl sites for hydroxylation is 1. The van der Waals surface area contributed by atoms with E-state index in [1.807, 2.05) is 35.2 Å². The summed E-state index contributed by atoms with van der Waals surface area (Å²) in [5, 5.41) is 1.77. The molecule has 1 fully saturated rings. The maximum atomic E-state index is 13.4. The first-order chi connectivity index (χ1) is 18.5. The zero-order valence-corrected chi connectivity index (χ0v) is 23.0. The Morgan fingerprint density at radius 3 is 2.50 bits per heavy atom. The summed E-state index contributed by atoms with van der Waals surface area (Å²) in [4.78, 5) is 35.3. The predicted molar refractivity (Wildman–Crippen MR) is 157 cm³/mol. The van der Waals surface area contributed by atoms with Gasteiger partial charge in [0.1, 0.15) is 0 Å². The number of anilines is 1. The number of amides is 1. The highest BCUT2D eigenvalue weighted by molar-refractivity contribution is 7.99. The summed E-state index contributed by atoms with van der Waals surface area (Å²) in [6.45, 7) is 5.37. The smallest absolute Gasteiger partial charge is 0.266 e. The van der Waals surface area contributed by atoms with Gasteiger partial charge in [0.05, 0.1) is 16.6 Å². The number of unbranched alkanes of at least 4 members (excludes halogenated alkanes) is 1. The third-order valence-corrected chi connectivity index (χ3v) is 8.18. The molecule has 1 amide bonds. The topological polar surface area (TPSA) is 58.4 Å². The average molecular weight is 547 g/mol. The lowest BCUT2D eigenvalue weighted by Gasteiger charge is -2.37. The van der Waals surface area contributed by atoms with Crippen LogP contribution in [0.2, 0.25) is 5.02 Å². The molecule has 8 heteroatoms. The van der Waals surface area contributed by atoms with Gasteiger partial charge in [-0.15, -0.1) is 0 Å². The van der Waals surface area contributed by atoms with Crippen molar-refractivity contribution in [2.75, 3.05) is 36.8 Å². The number of carbonyl (C=O) groups is 1. The third kappa shape index (κ3) is 5.89. The molecule has 0 spiro atoms. The number of halogens is 1. The van der Waals surface area contributed by atoms with Crippen LogP contribution >= 0.6 is 23.4 Å². The number of benzene rings is 3. The number of aromatic nitrogens is 2. The number of thioether (sulfide) groups is 1. The summed E-state index contributed by atoms with van der Waals surface area (Å²) in [7, 11) is 0. The fourth-order valence-electron chi connectivity index (χ4n) is 4.87. The Morgan fingerprint density at radius 1 is 0.947 bits per heavy atom. The summed E-state index contributed by atoms with van der Waals surface area (Å²) in [6, 6.07) is 23.1. The van der Waals surface area contributed by atoms with E-state index in [9.17, 15) is 9.59 Å². The molecule has 4 aromatic rings. The summed E-state index contributed by atoms with van der Waals surface area (Å²) >= 11 is 7.76. The minimum Gasteiger partial charge on any atom is -0.368 e. The van der Waals surface area contributed by atoms with Gasteiger partial charge in [-0.1, -0.05) is 59.8 Å². The Balaban J connectivity index is 1.17. The van der Waals surface area contributed by atoms with Crippen LogP contribution < -0.4 is 10.5 Å². The zero-order chi connectivity index (χ0) is 26.5. The normalized spacial score (nSPS) is 13.7. The van der Waals surface area contributed by atoms with Crippen LogP contribution in [0.4, 0.5) is 5.69 Å². The molecule has 5 rings (SSSR count). The number of carbonyl (C=O) groups excluding carboxylic acids is 1. The molecular formula is C30H31ClN4O2S. The van der Waals surface area contributed by atoms with Crippen LogP contribution in [-0.2, 0) is 4.79 Å². The van der Waals surface area contributed by atoms with Gasteiger partial charge in [0.25, 0.3) is 5.56 Å². The molecule has 196 valence electrons. The van der Waals surface area contributed by atoms with Crippen molar-refractivity contribution >= 4 is 45.9 Å². The van der Waals surface area contributed by atoms with E-state index >= 15 is 0 Å². The zero-order valence-electron chi connectivity index (χ0n) is 21.5. The second kappa shape index (κ2) is 12.0. The van der Waals surface area contributed by atoms with Crippen LogP contribution in [0.25, 0.3) is 16.6 Å². The summed E-state index contributed by atoms with van der Waals surface area (Å²) < 4.78 is 1.64. The van der Waals surface area contributed by atoms with Gasteiger partial charge in [-0.2, -0.15) is 0 Å². The molecule has 0 N–H and O–H groups in total. The van der Waals surface area contributed by atoms with Crippen molar-refractivity contribution < 1.29 is 4.79 Å². The Morgan fingerprint density at radius 2 is 1.71 bits per heavy atom. The molecule has 1 aromatic heterocycles. The standard InChI is InChI=1S/C30H31ClN4O2S/c1-22-9-2-5-14-27(22)33-16-18-34(19-17-33)28(36)15-6-7-20-38-30-32-26-13-4-3-12-25(26)29(37)35(30)24-11-8-10-23(31)21-24/h2-5,8-14,21H,6-7,15-20H2,1H3. The van der Waals surface area contributed by atoms with Crippen LogP contribution in [-0.4, -0.2) is 52.3 Å². The predicted octanol–water partition coefficient (Wildman–Crippen LogP) is 5.96. The number of para-hydroxylation sites is 2. The van der Waals surface area contributed by atoms with E-state index in [0.29, 0.717) is 33.2 Å². The number of piperazine rings is 1. The van der Waals surface area contributed by atoms with Gasteiger partial charge in [0, 0.05) is 49.1 Å². The van der Waals surface area contributed by atoms with Crippen molar-refractivity contribution in [2.24, 2.45) is 0 Å². The lowest BCUT2D eigenvalue weighted by molar-refractivity contribution is -0.131. The number of nitrogens with zero attached hydrogens (tertiary/aromatic N) is 4. The largest absolute Gasteiger partial charge is 0.368 e. The molecule has 2 heterocycles. The first-order valence-corrected chi connectivity index (χ1v) is 14.4. The van der Waals surface area contributed by atoms with Crippen molar-refractivity contribution in [3.63, 3.8) is 0 Å². The lowest BCUT2D eigenvalue weighted by Crippen LogP contribution is -2.48. The van der Waals surface area contributed by atoms with Gasteiger partial charge in [-0.3, -0.25) is 14.2 Å². The van der Waals surface area contributed by atoms with Gasteiger partial charge in [-0.05, 0) is 61.7 Å². The summed E-state index contributed by atoms with van der Waals surface area (Å²) in [6.07, 6.45) is 2.20. The van der Waals surface area contributed by atoms with Crippen molar-refractivity contribution in [2.45, 2.75) is 31.3 Å². The molecule has 0 bridgehead atoms. The highest BCUT2D eigenvalue weighted by Gasteiger charge is 2.21. The van der Waals surface area contributed by atoms with Crippen LogP contribution in [0.1, 0.15) is 24.8 Å². The van der Waals surface area contributed by atoms with E-state index < -0.39 is 0 Å². The lowest BCUT2D eigenvalue weighted by atomic mass is 10.1. The maximum Gasteiger partial charge on any atom is 0.266 e. The van der Waals surface area contributed by atoms with E-state index in [-0.39, 0.29) is 11.5 Å². The molecule has 0 aliphatic carbocycles. The molecule has 1 saturated heterocycles. The van der Waals surface area contributed by atoms with Gasteiger partial charge < -0.3 is 9.80 Å². The number of rotatable bonds is 8. The van der Waals surface area contributed by atoms with Crippen LogP contribution in [0.15, 0.2) is 82.7 Å². The van der Waals surface area contributed by atoms with E-state index in [1.54, 1.807) is 34.5 Å². The molecule has 3 aromatic carbocycles. The van der Waals surface area contributed by atoms with Crippen molar-refractivity contribution in [1.82, 2.24) is 14.5 Å². The molecule has 6 nitrogen and oxygen atoms in total. The van der Waals surface area contributed by atoms with Crippen molar-refractivity contribution in [3.8, 4) is 5.69 Å². The fraction of sp³-hybridized carbons (Fsp3) is 0.300. The Labute approximate surface area is 232 Å². The molecule has 1 aliphatic rings. The summed E-state index contributed by atoms with van der Waals surface area (Å²) in [5.41, 5.74) is 3.79. The second-order valence-electron chi connectivity index (χ2n) is 9.49. The summed E-state index contributed by atoms with van der Waals surface area (Å²) in [5.74, 6) is 0.985. The average Bonchev–Trinajstić information content (AvgIpc) is 2.93. The van der Waals surface area contributed by atoms with Crippen LogP contribution in [0, 0.1) is 6.92 Å². The minimum absolute atomic E-state index is 0.111. The van der Waals surface area contributed by atoms with Crippen molar-refractivity contribution in [3.05, 3.63) is 93.7 Å². The number of hydrogen-bond acceptors (Lipinski definition) is 5. The Bertz CT molecular complexity index is 1500. The van der Waals surface area contributed by atoms with Gasteiger partial charge in [0.2, 0.25) is 5.91 Å². The fourth-order valence-corrected chi connectivity index (χ4v) is 6.06.